The van der Waals surface area contributed by atoms with Crippen LogP contribution in [0.4, 0.5) is 0 Å². The summed E-state index contributed by atoms with van der Waals surface area (Å²) in [5.41, 5.74) is 4.72. The number of aromatic amines is 1. The number of fused-ring (bicyclic) bond motifs is 1. The highest BCUT2D eigenvalue weighted by Crippen LogP contribution is 2.33. The summed E-state index contributed by atoms with van der Waals surface area (Å²) in [6.45, 7) is 4.95. The Morgan fingerprint density at radius 1 is 1.12 bits per heavy atom. The highest BCUT2D eigenvalue weighted by molar-refractivity contribution is 9.10. The molecule has 0 fully saturated rings. The van der Waals surface area contributed by atoms with Crippen molar-refractivity contribution in [3.63, 3.8) is 0 Å². The van der Waals surface area contributed by atoms with E-state index in [9.17, 15) is 0 Å². The van der Waals surface area contributed by atoms with Crippen LogP contribution in [0, 0.1) is 0 Å². The Kier molecular flexibility index (Phi) is 7.56. The second-order valence-electron chi connectivity index (χ2n) is 7.07. The molecule has 142 valence electrons. The summed E-state index contributed by atoms with van der Waals surface area (Å²) in [5.74, 6) is 0.919. The minimum absolute atomic E-state index is 0.785. The van der Waals surface area contributed by atoms with Crippen LogP contribution in [0.15, 0.2) is 22.7 Å². The molecule has 4 nitrogen and oxygen atoms in total. The maximum atomic E-state index is 5.96. The fourth-order valence-electron chi connectivity index (χ4n) is 3.47. The molecule has 1 aliphatic heterocycles. The Hall–Kier alpha value is -1.33. The first-order chi connectivity index (χ1) is 12.8. The summed E-state index contributed by atoms with van der Waals surface area (Å²) < 4.78 is 6.96. The van der Waals surface area contributed by atoms with Gasteiger partial charge in [-0.1, -0.05) is 45.4 Å². The number of unbranched alkanes of at least 4 members (excludes halogenated alkanes) is 6. The lowest BCUT2D eigenvalue weighted by Crippen LogP contribution is -2.23. The average molecular weight is 420 g/mol. The fraction of sp³-hybridized carbons (Fsp3) is 0.571. The van der Waals surface area contributed by atoms with E-state index in [0.29, 0.717) is 0 Å². The summed E-state index contributed by atoms with van der Waals surface area (Å²) in [4.78, 5) is 0. The van der Waals surface area contributed by atoms with Crippen LogP contribution in [0.1, 0.15) is 63.1 Å². The molecule has 0 unspecified atom stereocenters. The minimum Gasteiger partial charge on any atom is -0.492 e. The number of hydrogen-bond donors (Lipinski definition) is 2. The molecular formula is C21H30BrN3O. The van der Waals surface area contributed by atoms with Crippen molar-refractivity contribution in [1.82, 2.24) is 15.5 Å². The molecule has 1 aromatic heterocycles. The Bertz CT molecular complexity index is 699. The van der Waals surface area contributed by atoms with Crippen molar-refractivity contribution in [2.75, 3.05) is 13.2 Å². The summed E-state index contributed by atoms with van der Waals surface area (Å²) in [6, 6.07) is 6.28. The number of hydrogen-bond acceptors (Lipinski definition) is 3. The number of halogens is 1. The van der Waals surface area contributed by atoms with Crippen molar-refractivity contribution < 1.29 is 4.74 Å². The van der Waals surface area contributed by atoms with Gasteiger partial charge in [-0.15, -0.1) is 0 Å². The molecule has 2 heterocycles. The van der Waals surface area contributed by atoms with Crippen LogP contribution < -0.4 is 10.1 Å². The molecule has 0 spiro atoms. The van der Waals surface area contributed by atoms with Crippen LogP contribution in [0.5, 0.6) is 5.75 Å². The summed E-state index contributed by atoms with van der Waals surface area (Å²) >= 11 is 3.66. The van der Waals surface area contributed by atoms with E-state index in [1.807, 2.05) is 0 Å². The minimum atomic E-state index is 0.785. The van der Waals surface area contributed by atoms with Crippen LogP contribution in [-0.2, 0) is 13.0 Å². The Balaban J connectivity index is 1.50. The van der Waals surface area contributed by atoms with Gasteiger partial charge >= 0.3 is 0 Å². The van der Waals surface area contributed by atoms with E-state index in [1.54, 1.807) is 0 Å². The topological polar surface area (TPSA) is 49.9 Å². The maximum Gasteiger partial charge on any atom is 0.133 e. The summed E-state index contributed by atoms with van der Waals surface area (Å²) in [7, 11) is 0. The molecule has 0 saturated heterocycles. The average Bonchev–Trinajstić information content (AvgIpc) is 3.09. The fourth-order valence-corrected chi connectivity index (χ4v) is 3.96. The van der Waals surface area contributed by atoms with Gasteiger partial charge in [-0.3, -0.25) is 5.10 Å². The molecule has 0 bridgehead atoms. The first-order valence-corrected chi connectivity index (χ1v) is 10.8. The van der Waals surface area contributed by atoms with Crippen molar-refractivity contribution in [2.45, 2.75) is 64.8 Å². The number of nitrogens with zero attached hydrogens (tertiary/aromatic N) is 1. The SMILES string of the molecule is CCCCCCCCCOc1ccc(-c2n[nH]c3c2CNCC3)cc1Br. The number of nitrogens with one attached hydrogen (secondary N) is 2. The van der Waals surface area contributed by atoms with Crippen LogP contribution in [0.2, 0.25) is 0 Å². The lowest BCUT2D eigenvalue weighted by atomic mass is 10.0. The highest BCUT2D eigenvalue weighted by atomic mass is 79.9. The number of H-pyrrole nitrogens is 1. The largest absolute Gasteiger partial charge is 0.492 e. The molecule has 2 aromatic rings. The first-order valence-electron chi connectivity index (χ1n) is 9.99. The third kappa shape index (κ3) is 5.10. The predicted molar refractivity (Wildman–Crippen MR) is 111 cm³/mol. The molecule has 2 N–H and O–H groups in total. The molecule has 5 heteroatoms. The monoisotopic (exact) mass is 419 g/mol. The van der Waals surface area contributed by atoms with Gasteiger partial charge in [-0.05, 0) is 40.5 Å². The smallest absolute Gasteiger partial charge is 0.133 e. The van der Waals surface area contributed by atoms with E-state index in [0.717, 1.165) is 54.0 Å². The second kappa shape index (κ2) is 10.1. The van der Waals surface area contributed by atoms with Gasteiger partial charge in [0.15, 0.2) is 0 Å². The lowest BCUT2D eigenvalue weighted by molar-refractivity contribution is 0.302. The summed E-state index contributed by atoms with van der Waals surface area (Å²) in [5, 5.41) is 11.1. The molecule has 26 heavy (non-hydrogen) atoms. The lowest BCUT2D eigenvalue weighted by Gasteiger charge is -2.14. The number of aromatic nitrogens is 2. The van der Waals surface area contributed by atoms with Gasteiger partial charge in [0.2, 0.25) is 0 Å². The second-order valence-corrected chi connectivity index (χ2v) is 7.93. The first kappa shape index (κ1) is 19.4. The molecule has 3 rings (SSSR count). The zero-order chi connectivity index (χ0) is 18.2. The van der Waals surface area contributed by atoms with E-state index >= 15 is 0 Å². The van der Waals surface area contributed by atoms with Crippen molar-refractivity contribution in [1.29, 1.82) is 0 Å². The normalized spacial score (nSPS) is 13.6. The third-order valence-corrected chi connectivity index (χ3v) is 5.64. The van der Waals surface area contributed by atoms with Gasteiger partial charge in [0.1, 0.15) is 5.75 Å². The van der Waals surface area contributed by atoms with Gasteiger partial charge in [0.25, 0.3) is 0 Å². The van der Waals surface area contributed by atoms with Gasteiger partial charge in [-0.25, -0.2) is 0 Å². The van der Waals surface area contributed by atoms with Crippen LogP contribution >= 0.6 is 15.9 Å². The number of rotatable bonds is 10. The maximum absolute atomic E-state index is 5.96. The molecule has 0 aliphatic carbocycles. The van der Waals surface area contributed by atoms with Crippen molar-refractivity contribution in [2.24, 2.45) is 0 Å². The van der Waals surface area contributed by atoms with Crippen molar-refractivity contribution in [3.05, 3.63) is 33.9 Å². The Morgan fingerprint density at radius 3 is 2.73 bits per heavy atom. The Labute approximate surface area is 165 Å². The van der Waals surface area contributed by atoms with E-state index in [2.05, 4.69) is 56.6 Å². The van der Waals surface area contributed by atoms with E-state index in [-0.39, 0.29) is 0 Å². The van der Waals surface area contributed by atoms with Gasteiger partial charge in [0.05, 0.1) is 16.8 Å². The number of benzene rings is 1. The molecule has 0 radical (unpaired) electrons. The zero-order valence-corrected chi connectivity index (χ0v) is 17.3. The summed E-state index contributed by atoms with van der Waals surface area (Å²) in [6.07, 6.45) is 10.1. The van der Waals surface area contributed by atoms with Gasteiger partial charge in [0, 0.05) is 36.3 Å². The number of ether oxygens (including phenoxy) is 1. The third-order valence-electron chi connectivity index (χ3n) is 5.02. The van der Waals surface area contributed by atoms with Crippen LogP contribution in [-0.4, -0.2) is 23.3 Å². The van der Waals surface area contributed by atoms with Crippen molar-refractivity contribution in [3.8, 4) is 17.0 Å². The molecule has 0 amide bonds. The van der Waals surface area contributed by atoms with Gasteiger partial charge in [-0.2, -0.15) is 5.10 Å². The van der Waals surface area contributed by atoms with Crippen molar-refractivity contribution >= 4 is 15.9 Å². The molecule has 1 aliphatic rings. The highest BCUT2D eigenvalue weighted by Gasteiger charge is 2.18. The molecular weight excluding hydrogens is 390 g/mol. The van der Waals surface area contributed by atoms with Crippen LogP contribution in [0.3, 0.4) is 0 Å². The van der Waals surface area contributed by atoms with Gasteiger partial charge < -0.3 is 10.1 Å². The van der Waals surface area contributed by atoms with E-state index in [1.165, 1.54) is 49.8 Å². The zero-order valence-electron chi connectivity index (χ0n) is 15.7. The van der Waals surface area contributed by atoms with E-state index < -0.39 is 0 Å². The van der Waals surface area contributed by atoms with Crippen LogP contribution in [0.25, 0.3) is 11.3 Å². The van der Waals surface area contributed by atoms with E-state index in [4.69, 9.17) is 4.74 Å². The molecule has 0 atom stereocenters. The molecule has 0 saturated carbocycles. The quantitative estimate of drug-likeness (QED) is 0.491. The molecule has 1 aromatic carbocycles. The Morgan fingerprint density at radius 2 is 1.92 bits per heavy atom. The standard InChI is InChI=1S/C21H30BrN3O/c1-2-3-4-5-6-7-8-13-26-20-10-9-16(14-18(20)22)21-17-15-23-12-11-19(17)24-25-21/h9-10,14,23H,2-8,11-13,15H2,1H3,(H,24,25). The predicted octanol–water partition coefficient (Wildman–Crippen LogP) is 5.61.